The average Bonchev–Trinajstić information content (AvgIpc) is 2.17. The first kappa shape index (κ1) is 8.74. The predicted molar refractivity (Wildman–Crippen MR) is 53.6 cm³/mol. The number of rotatable bonds is 0. The van der Waals surface area contributed by atoms with E-state index in [0.29, 0.717) is 0 Å². The molecule has 0 saturated carbocycles. The zero-order valence-corrected chi connectivity index (χ0v) is 8.09. The summed E-state index contributed by atoms with van der Waals surface area (Å²) >= 11 is 0. The van der Waals surface area contributed by atoms with Crippen LogP contribution >= 0.6 is 0 Å². The molecular formula is C12H17O+. The predicted octanol–water partition coefficient (Wildman–Crippen LogP) is 3.61. The Kier molecular flexibility index (Phi) is 2.96. The molecule has 0 spiro atoms. The second kappa shape index (κ2) is 4.40. The van der Waals surface area contributed by atoms with Gasteiger partial charge in [-0.05, 0) is 18.9 Å². The summed E-state index contributed by atoms with van der Waals surface area (Å²) < 4.78 is 5.75. The molecule has 0 unspecified atom stereocenters. The molecule has 70 valence electrons. The quantitative estimate of drug-likeness (QED) is 0.551. The zero-order valence-electron chi connectivity index (χ0n) is 8.09. The molecule has 13 heavy (non-hydrogen) atoms. The smallest absolute Gasteiger partial charge is 0.218 e. The van der Waals surface area contributed by atoms with Crippen molar-refractivity contribution < 1.29 is 4.42 Å². The SMILES string of the molecule is c1cc2[o+]c(c1)CCCCCCC2. The highest BCUT2D eigenvalue weighted by atomic mass is 16.3. The molecule has 0 radical (unpaired) electrons. The summed E-state index contributed by atoms with van der Waals surface area (Å²) in [5, 5.41) is 0. The van der Waals surface area contributed by atoms with E-state index in [1.165, 1.54) is 43.6 Å². The van der Waals surface area contributed by atoms with Crippen LogP contribution in [0.5, 0.6) is 0 Å². The van der Waals surface area contributed by atoms with Gasteiger partial charge in [0.2, 0.25) is 0 Å². The Morgan fingerprint density at radius 1 is 0.769 bits per heavy atom. The third-order valence-electron chi connectivity index (χ3n) is 2.67. The van der Waals surface area contributed by atoms with Crippen LogP contribution in [0.4, 0.5) is 0 Å². The summed E-state index contributed by atoms with van der Waals surface area (Å²) in [5.41, 5.74) is 0. The van der Waals surface area contributed by atoms with E-state index >= 15 is 0 Å². The lowest BCUT2D eigenvalue weighted by atomic mass is 10.1. The van der Waals surface area contributed by atoms with Gasteiger partial charge >= 0.3 is 11.5 Å². The fourth-order valence-electron chi connectivity index (χ4n) is 1.90. The van der Waals surface area contributed by atoms with Crippen molar-refractivity contribution in [1.82, 2.24) is 0 Å². The number of fused-ring (bicyclic) bond motifs is 2. The van der Waals surface area contributed by atoms with Crippen LogP contribution in [0.15, 0.2) is 22.6 Å². The van der Waals surface area contributed by atoms with Gasteiger partial charge in [-0.1, -0.05) is 19.3 Å². The summed E-state index contributed by atoms with van der Waals surface area (Å²) in [6.07, 6.45) is 8.92. The molecule has 1 aliphatic rings. The third kappa shape index (κ3) is 2.55. The fraction of sp³-hybridized carbons (Fsp3) is 0.583. The molecule has 0 amide bonds. The van der Waals surface area contributed by atoms with Crippen molar-refractivity contribution in [2.24, 2.45) is 0 Å². The van der Waals surface area contributed by atoms with Crippen LogP contribution in [-0.4, -0.2) is 0 Å². The van der Waals surface area contributed by atoms with E-state index in [9.17, 15) is 0 Å². The number of hydrogen-bond donors (Lipinski definition) is 0. The molecule has 0 N–H and O–H groups in total. The maximum absolute atomic E-state index is 5.75. The van der Waals surface area contributed by atoms with Crippen molar-refractivity contribution in [3.8, 4) is 0 Å². The summed E-state index contributed by atoms with van der Waals surface area (Å²) in [7, 11) is 0. The number of aryl methyl sites for hydroxylation is 2. The lowest BCUT2D eigenvalue weighted by molar-refractivity contribution is 0.419. The summed E-state index contributed by atoms with van der Waals surface area (Å²) in [6, 6.07) is 6.33. The van der Waals surface area contributed by atoms with Crippen molar-refractivity contribution in [3.05, 3.63) is 29.7 Å². The van der Waals surface area contributed by atoms with Crippen LogP contribution in [0.25, 0.3) is 0 Å². The maximum Gasteiger partial charge on any atom is 0.329 e. The van der Waals surface area contributed by atoms with Crippen LogP contribution in [0.2, 0.25) is 0 Å². The van der Waals surface area contributed by atoms with Crippen molar-refractivity contribution in [2.45, 2.75) is 44.9 Å². The van der Waals surface area contributed by atoms with Crippen molar-refractivity contribution in [2.75, 3.05) is 0 Å². The Balaban J connectivity index is 2.13. The lowest BCUT2D eigenvalue weighted by Gasteiger charge is -2.00. The second-order valence-electron chi connectivity index (χ2n) is 3.83. The molecular weight excluding hydrogens is 160 g/mol. The summed E-state index contributed by atoms with van der Waals surface area (Å²) in [6.45, 7) is 0. The van der Waals surface area contributed by atoms with E-state index < -0.39 is 0 Å². The van der Waals surface area contributed by atoms with Crippen LogP contribution < -0.4 is 0 Å². The van der Waals surface area contributed by atoms with Gasteiger partial charge in [-0.2, -0.15) is 0 Å². The Morgan fingerprint density at radius 2 is 1.31 bits per heavy atom. The van der Waals surface area contributed by atoms with E-state index in [-0.39, 0.29) is 0 Å². The lowest BCUT2D eigenvalue weighted by Crippen LogP contribution is -1.93. The van der Waals surface area contributed by atoms with Crippen LogP contribution in [0.1, 0.15) is 43.6 Å². The van der Waals surface area contributed by atoms with Crippen molar-refractivity contribution >= 4 is 0 Å². The van der Waals surface area contributed by atoms with Gasteiger partial charge in [0, 0.05) is 12.1 Å². The van der Waals surface area contributed by atoms with Crippen LogP contribution in [0, 0.1) is 0 Å². The molecule has 1 nitrogen and oxygen atoms in total. The Morgan fingerprint density at radius 3 is 1.92 bits per heavy atom. The minimum atomic E-state index is 1.12. The molecule has 0 aromatic carbocycles. The largest absolute Gasteiger partial charge is 0.329 e. The fourth-order valence-corrected chi connectivity index (χ4v) is 1.90. The Labute approximate surface area is 79.8 Å². The van der Waals surface area contributed by atoms with Crippen LogP contribution in [-0.2, 0) is 12.8 Å². The van der Waals surface area contributed by atoms with E-state index in [0.717, 1.165) is 12.8 Å². The van der Waals surface area contributed by atoms with Crippen molar-refractivity contribution in [1.29, 1.82) is 0 Å². The van der Waals surface area contributed by atoms with E-state index in [1.54, 1.807) is 0 Å². The van der Waals surface area contributed by atoms with Crippen molar-refractivity contribution in [3.63, 3.8) is 0 Å². The van der Waals surface area contributed by atoms with E-state index in [4.69, 9.17) is 4.42 Å². The van der Waals surface area contributed by atoms with Gasteiger partial charge < -0.3 is 0 Å². The summed E-state index contributed by atoms with van der Waals surface area (Å²) in [4.78, 5) is 0. The monoisotopic (exact) mass is 177 g/mol. The standard InChI is InChI=1S/C12H17O/c1-2-4-7-11-9-6-10-12(13-11)8-5-3-1/h6,9-10H,1-5,7-8H2/q+1. The van der Waals surface area contributed by atoms with Gasteiger partial charge in [0.15, 0.2) is 0 Å². The first-order chi connectivity index (χ1) is 6.45. The molecule has 1 aromatic rings. The molecule has 2 heterocycles. The van der Waals surface area contributed by atoms with E-state index in [1.807, 2.05) is 0 Å². The van der Waals surface area contributed by atoms with Gasteiger partial charge in [-0.15, -0.1) is 0 Å². The molecule has 2 bridgehead atoms. The normalized spacial score (nSPS) is 18.2. The van der Waals surface area contributed by atoms with Gasteiger partial charge in [0.05, 0.1) is 12.8 Å². The van der Waals surface area contributed by atoms with E-state index in [2.05, 4.69) is 18.2 Å². The molecule has 1 aromatic heterocycles. The van der Waals surface area contributed by atoms with Gasteiger partial charge in [0.25, 0.3) is 0 Å². The summed E-state index contributed by atoms with van der Waals surface area (Å²) in [5.74, 6) is 2.33. The second-order valence-corrected chi connectivity index (χ2v) is 3.83. The van der Waals surface area contributed by atoms with Gasteiger partial charge in [0.1, 0.15) is 0 Å². The Hall–Kier alpha value is -0.850. The molecule has 1 aliphatic heterocycles. The zero-order chi connectivity index (χ0) is 8.93. The Bertz CT molecular complexity index is 244. The highest BCUT2D eigenvalue weighted by Gasteiger charge is 2.13. The van der Waals surface area contributed by atoms with Gasteiger partial charge in [-0.3, -0.25) is 0 Å². The highest BCUT2D eigenvalue weighted by Crippen LogP contribution is 2.15. The van der Waals surface area contributed by atoms with Crippen LogP contribution in [0.3, 0.4) is 0 Å². The first-order valence-corrected chi connectivity index (χ1v) is 5.36. The molecule has 0 aliphatic carbocycles. The topological polar surface area (TPSA) is 11.3 Å². The number of hydrogen-bond acceptors (Lipinski definition) is 0. The highest BCUT2D eigenvalue weighted by molar-refractivity contribution is 5.06. The third-order valence-corrected chi connectivity index (χ3v) is 2.67. The maximum atomic E-state index is 5.75. The average molecular weight is 177 g/mol. The molecule has 2 rings (SSSR count). The molecule has 1 heteroatoms. The first-order valence-electron chi connectivity index (χ1n) is 5.36. The minimum Gasteiger partial charge on any atom is -0.218 e. The minimum absolute atomic E-state index is 1.12. The molecule has 0 saturated heterocycles. The molecule has 0 fully saturated rings. The van der Waals surface area contributed by atoms with Gasteiger partial charge in [-0.25, -0.2) is 4.42 Å². The molecule has 0 atom stereocenters.